The number of nitrogens with one attached hydrogen (secondary N) is 2. The second-order valence-electron chi connectivity index (χ2n) is 7.06. The van der Waals surface area contributed by atoms with E-state index in [0.717, 1.165) is 51.0 Å². The molecule has 4 nitrogen and oxygen atoms in total. The summed E-state index contributed by atoms with van der Waals surface area (Å²) < 4.78 is 0. The van der Waals surface area contributed by atoms with Gasteiger partial charge in [-0.25, -0.2) is 0 Å². The van der Waals surface area contributed by atoms with Crippen molar-refractivity contribution in [2.45, 2.75) is 31.8 Å². The molecule has 0 atom stereocenters. The fraction of sp³-hybridized carbons (Fsp3) is 0.381. The number of fused-ring (bicyclic) bond motifs is 1. The maximum atomic E-state index is 12.5. The van der Waals surface area contributed by atoms with Crippen LogP contribution in [0.15, 0.2) is 48.5 Å². The van der Waals surface area contributed by atoms with E-state index in [1.165, 1.54) is 16.8 Å². The summed E-state index contributed by atoms with van der Waals surface area (Å²) in [6.45, 7) is 4.04. The van der Waals surface area contributed by atoms with E-state index in [-0.39, 0.29) is 11.9 Å². The van der Waals surface area contributed by atoms with Gasteiger partial charge in [0.25, 0.3) is 5.91 Å². The fourth-order valence-electron chi connectivity index (χ4n) is 3.79. The molecule has 130 valence electrons. The van der Waals surface area contributed by atoms with Gasteiger partial charge in [0.05, 0.1) is 0 Å². The van der Waals surface area contributed by atoms with E-state index >= 15 is 0 Å². The summed E-state index contributed by atoms with van der Waals surface area (Å²) in [6, 6.07) is 16.9. The van der Waals surface area contributed by atoms with E-state index in [2.05, 4.69) is 45.9 Å². The number of rotatable bonds is 4. The Kier molecular flexibility index (Phi) is 4.70. The van der Waals surface area contributed by atoms with Crippen molar-refractivity contribution >= 4 is 11.6 Å². The van der Waals surface area contributed by atoms with Gasteiger partial charge in [-0.2, -0.15) is 0 Å². The molecular weight excluding hydrogens is 310 g/mol. The standard InChI is InChI=1S/C21H25N3O/c25-21(18-6-7-20-17(14-18)8-11-22-20)23-19-9-12-24(13-10-19)15-16-4-2-1-3-5-16/h1-7,14,19,22H,8-13,15H2,(H,23,25). The molecule has 0 spiro atoms. The van der Waals surface area contributed by atoms with Crippen molar-refractivity contribution in [3.05, 3.63) is 65.2 Å². The Bertz CT molecular complexity index is 736. The summed E-state index contributed by atoms with van der Waals surface area (Å²) in [7, 11) is 0. The van der Waals surface area contributed by atoms with Gasteiger partial charge >= 0.3 is 0 Å². The number of nitrogens with zero attached hydrogens (tertiary/aromatic N) is 1. The number of amides is 1. The Morgan fingerprint density at radius 2 is 1.92 bits per heavy atom. The number of benzene rings is 2. The Hall–Kier alpha value is -2.33. The van der Waals surface area contributed by atoms with E-state index in [1.807, 2.05) is 18.2 Å². The topological polar surface area (TPSA) is 44.4 Å². The van der Waals surface area contributed by atoms with Gasteiger partial charge in [0.2, 0.25) is 0 Å². The molecule has 2 aliphatic rings. The zero-order valence-corrected chi connectivity index (χ0v) is 14.5. The highest BCUT2D eigenvalue weighted by atomic mass is 16.1. The third kappa shape index (κ3) is 3.85. The zero-order chi connectivity index (χ0) is 17.1. The molecule has 1 amide bonds. The van der Waals surface area contributed by atoms with E-state index in [0.29, 0.717) is 0 Å². The lowest BCUT2D eigenvalue weighted by Gasteiger charge is -2.32. The van der Waals surface area contributed by atoms with E-state index in [4.69, 9.17) is 0 Å². The van der Waals surface area contributed by atoms with Crippen molar-refractivity contribution in [3.63, 3.8) is 0 Å². The largest absolute Gasteiger partial charge is 0.384 e. The predicted octanol–water partition coefficient (Wildman–Crippen LogP) is 3.05. The molecule has 0 bridgehead atoms. The first-order chi connectivity index (χ1) is 12.3. The number of piperidine rings is 1. The quantitative estimate of drug-likeness (QED) is 0.903. The van der Waals surface area contributed by atoms with Gasteiger partial charge < -0.3 is 10.6 Å². The number of hydrogen-bond acceptors (Lipinski definition) is 3. The molecule has 25 heavy (non-hydrogen) atoms. The minimum absolute atomic E-state index is 0.0659. The molecule has 2 aromatic carbocycles. The molecule has 0 saturated carbocycles. The van der Waals surface area contributed by atoms with Crippen LogP contribution in [-0.4, -0.2) is 36.5 Å². The Morgan fingerprint density at radius 3 is 2.72 bits per heavy atom. The molecule has 4 rings (SSSR count). The molecule has 1 saturated heterocycles. The Labute approximate surface area is 149 Å². The molecule has 0 aromatic heterocycles. The summed E-state index contributed by atoms with van der Waals surface area (Å²) in [5, 5.41) is 6.56. The first-order valence-electron chi connectivity index (χ1n) is 9.22. The normalized spacial score (nSPS) is 17.8. The lowest BCUT2D eigenvalue weighted by atomic mass is 10.0. The summed E-state index contributed by atoms with van der Waals surface area (Å²) in [4.78, 5) is 15.0. The third-order valence-corrected chi connectivity index (χ3v) is 5.25. The summed E-state index contributed by atoms with van der Waals surface area (Å²) in [5.41, 5.74) is 4.57. The molecule has 2 heterocycles. The highest BCUT2D eigenvalue weighted by molar-refractivity contribution is 5.95. The van der Waals surface area contributed by atoms with Crippen molar-refractivity contribution < 1.29 is 4.79 Å². The summed E-state index contributed by atoms with van der Waals surface area (Å²) in [5.74, 6) is 0.0659. The van der Waals surface area contributed by atoms with E-state index in [1.54, 1.807) is 0 Å². The lowest BCUT2D eigenvalue weighted by molar-refractivity contribution is 0.0909. The van der Waals surface area contributed by atoms with Crippen LogP contribution in [0.5, 0.6) is 0 Å². The Morgan fingerprint density at radius 1 is 1.12 bits per heavy atom. The summed E-state index contributed by atoms with van der Waals surface area (Å²) >= 11 is 0. The van der Waals surface area contributed by atoms with Gasteiger partial charge in [0.15, 0.2) is 0 Å². The predicted molar refractivity (Wildman–Crippen MR) is 101 cm³/mol. The van der Waals surface area contributed by atoms with Crippen molar-refractivity contribution in [2.75, 3.05) is 25.0 Å². The molecule has 2 aromatic rings. The molecule has 1 fully saturated rings. The molecule has 2 aliphatic heterocycles. The Balaban J connectivity index is 1.29. The number of hydrogen-bond donors (Lipinski definition) is 2. The maximum absolute atomic E-state index is 12.5. The van der Waals surface area contributed by atoms with Crippen LogP contribution in [0.3, 0.4) is 0 Å². The van der Waals surface area contributed by atoms with Gasteiger partial charge in [0, 0.05) is 43.5 Å². The number of likely N-dealkylation sites (tertiary alicyclic amines) is 1. The van der Waals surface area contributed by atoms with Gasteiger partial charge in [-0.05, 0) is 48.6 Å². The zero-order valence-electron chi connectivity index (χ0n) is 14.5. The molecule has 2 N–H and O–H groups in total. The number of carbonyl (C=O) groups excluding carboxylic acids is 1. The van der Waals surface area contributed by atoms with Crippen molar-refractivity contribution in [1.82, 2.24) is 10.2 Å². The minimum Gasteiger partial charge on any atom is -0.384 e. The van der Waals surface area contributed by atoms with Crippen LogP contribution >= 0.6 is 0 Å². The number of anilines is 1. The lowest BCUT2D eigenvalue weighted by Crippen LogP contribution is -2.44. The van der Waals surface area contributed by atoms with Crippen LogP contribution in [0, 0.1) is 0 Å². The van der Waals surface area contributed by atoms with Gasteiger partial charge in [-0.1, -0.05) is 30.3 Å². The first-order valence-corrected chi connectivity index (χ1v) is 9.22. The van der Waals surface area contributed by atoms with Crippen molar-refractivity contribution in [3.8, 4) is 0 Å². The number of carbonyl (C=O) groups is 1. The third-order valence-electron chi connectivity index (χ3n) is 5.25. The van der Waals surface area contributed by atoms with E-state index < -0.39 is 0 Å². The first kappa shape index (κ1) is 16.2. The van der Waals surface area contributed by atoms with Gasteiger partial charge in [-0.15, -0.1) is 0 Å². The average molecular weight is 335 g/mol. The van der Waals surface area contributed by atoms with Crippen LogP contribution in [0.2, 0.25) is 0 Å². The second-order valence-corrected chi connectivity index (χ2v) is 7.06. The second kappa shape index (κ2) is 7.28. The van der Waals surface area contributed by atoms with Crippen LogP contribution in [0.4, 0.5) is 5.69 Å². The highest BCUT2D eigenvalue weighted by Gasteiger charge is 2.22. The minimum atomic E-state index is 0.0659. The van der Waals surface area contributed by atoms with Crippen LogP contribution in [0.1, 0.15) is 34.3 Å². The maximum Gasteiger partial charge on any atom is 0.251 e. The molecule has 0 unspecified atom stereocenters. The average Bonchev–Trinajstić information content (AvgIpc) is 3.12. The van der Waals surface area contributed by atoms with Gasteiger partial charge in [0.1, 0.15) is 0 Å². The van der Waals surface area contributed by atoms with Crippen LogP contribution < -0.4 is 10.6 Å². The van der Waals surface area contributed by atoms with E-state index in [9.17, 15) is 4.79 Å². The molecular formula is C21H25N3O. The summed E-state index contributed by atoms with van der Waals surface area (Å²) in [6.07, 6.45) is 3.05. The molecule has 4 heteroatoms. The highest BCUT2D eigenvalue weighted by Crippen LogP contribution is 2.23. The van der Waals surface area contributed by atoms with Crippen LogP contribution in [0.25, 0.3) is 0 Å². The van der Waals surface area contributed by atoms with Crippen LogP contribution in [-0.2, 0) is 13.0 Å². The fourth-order valence-corrected chi connectivity index (χ4v) is 3.79. The SMILES string of the molecule is O=C(NC1CCN(Cc2ccccc2)CC1)c1ccc2c(c1)CCN2. The molecule has 0 radical (unpaired) electrons. The van der Waals surface area contributed by atoms with Gasteiger partial charge in [-0.3, -0.25) is 9.69 Å². The van der Waals surface area contributed by atoms with Crippen molar-refractivity contribution in [2.24, 2.45) is 0 Å². The monoisotopic (exact) mass is 335 g/mol. The van der Waals surface area contributed by atoms with Crippen molar-refractivity contribution in [1.29, 1.82) is 0 Å². The smallest absolute Gasteiger partial charge is 0.251 e. The molecule has 0 aliphatic carbocycles.